The Bertz CT molecular complexity index is 918. The van der Waals surface area contributed by atoms with Gasteiger partial charge in [0.15, 0.2) is 0 Å². The first kappa shape index (κ1) is 18.3. The predicted octanol–water partition coefficient (Wildman–Crippen LogP) is 4.39. The molecule has 1 aliphatic carbocycles. The minimum atomic E-state index is 0.323. The number of hydrogen-bond donors (Lipinski definition) is 1. The van der Waals surface area contributed by atoms with E-state index in [9.17, 15) is 0 Å². The molecule has 1 saturated carbocycles. The summed E-state index contributed by atoms with van der Waals surface area (Å²) in [4.78, 5) is 8.55. The molecule has 29 heavy (non-hydrogen) atoms. The third kappa shape index (κ3) is 3.10. The first-order chi connectivity index (χ1) is 14.2. The lowest BCUT2D eigenvalue weighted by molar-refractivity contribution is 0.352. The van der Waals surface area contributed by atoms with Gasteiger partial charge >= 0.3 is 0 Å². The summed E-state index contributed by atoms with van der Waals surface area (Å²) in [7, 11) is 2.25. The second-order valence-electron chi connectivity index (χ2n) is 9.66. The van der Waals surface area contributed by atoms with Crippen LogP contribution in [-0.4, -0.2) is 51.6 Å². The van der Waals surface area contributed by atoms with Crippen molar-refractivity contribution in [3.05, 3.63) is 24.0 Å². The quantitative estimate of drug-likeness (QED) is 0.797. The maximum atomic E-state index is 4.99. The second kappa shape index (κ2) is 7.02. The molecule has 0 amide bonds. The molecule has 5 nitrogen and oxygen atoms in total. The Hall–Kier alpha value is -1.53. The van der Waals surface area contributed by atoms with Crippen molar-refractivity contribution in [1.82, 2.24) is 19.7 Å². The van der Waals surface area contributed by atoms with E-state index in [0.717, 1.165) is 30.5 Å². The minimum absolute atomic E-state index is 0.323. The number of thioether (sulfide) groups is 1. The molecule has 0 radical (unpaired) electrons. The molecule has 1 N–H and O–H groups in total. The zero-order valence-corrected chi connectivity index (χ0v) is 18.2. The molecular formula is C23H31N5S. The molecule has 5 heterocycles. The van der Waals surface area contributed by atoms with Crippen LogP contribution in [0.2, 0.25) is 0 Å². The van der Waals surface area contributed by atoms with Crippen LogP contribution in [0.5, 0.6) is 0 Å². The third-order valence-corrected chi connectivity index (χ3v) is 9.16. The predicted molar refractivity (Wildman–Crippen MR) is 119 cm³/mol. The number of likely N-dealkylation sites (tertiary alicyclic amines) is 1. The first-order valence-electron chi connectivity index (χ1n) is 11.4. The molecule has 2 aromatic rings. The number of hydrogen-bond acceptors (Lipinski definition) is 5. The molecular weight excluding hydrogens is 378 g/mol. The number of rotatable bonds is 2. The molecule has 1 spiro atoms. The van der Waals surface area contributed by atoms with Crippen LogP contribution in [0.4, 0.5) is 5.82 Å². The van der Waals surface area contributed by atoms with Crippen molar-refractivity contribution in [3.63, 3.8) is 0 Å². The Kier molecular flexibility index (Phi) is 4.42. The number of pyridine rings is 1. The summed E-state index contributed by atoms with van der Waals surface area (Å²) in [6.45, 7) is 4.49. The summed E-state index contributed by atoms with van der Waals surface area (Å²) in [5, 5.41) is 9.28. The van der Waals surface area contributed by atoms with Gasteiger partial charge < -0.3 is 10.2 Å². The van der Waals surface area contributed by atoms with Gasteiger partial charge in [0.25, 0.3) is 0 Å². The second-order valence-corrected chi connectivity index (χ2v) is 10.9. The van der Waals surface area contributed by atoms with Gasteiger partial charge in [-0.25, -0.2) is 4.98 Å². The summed E-state index contributed by atoms with van der Waals surface area (Å²) < 4.78 is 2.27. The molecule has 3 aliphatic heterocycles. The van der Waals surface area contributed by atoms with Crippen LogP contribution in [0.3, 0.4) is 0 Å². The van der Waals surface area contributed by atoms with Crippen molar-refractivity contribution in [2.75, 3.05) is 32.0 Å². The van der Waals surface area contributed by atoms with Crippen LogP contribution in [0.15, 0.2) is 23.2 Å². The largest absolute Gasteiger partial charge is 0.368 e. The summed E-state index contributed by atoms with van der Waals surface area (Å²) in [5.41, 5.74) is 4.04. The van der Waals surface area contributed by atoms with Crippen molar-refractivity contribution < 1.29 is 0 Å². The van der Waals surface area contributed by atoms with Crippen molar-refractivity contribution in [2.24, 2.45) is 5.92 Å². The van der Waals surface area contributed by atoms with Gasteiger partial charge in [0.2, 0.25) is 0 Å². The van der Waals surface area contributed by atoms with Crippen molar-refractivity contribution in [3.8, 4) is 11.3 Å². The molecule has 2 atom stereocenters. The van der Waals surface area contributed by atoms with Gasteiger partial charge in [-0.2, -0.15) is 5.10 Å². The van der Waals surface area contributed by atoms with Crippen LogP contribution in [0, 0.1) is 5.92 Å². The van der Waals surface area contributed by atoms with Gasteiger partial charge in [-0.05, 0) is 57.3 Å². The lowest BCUT2D eigenvalue weighted by Crippen LogP contribution is -2.30. The molecule has 2 fully saturated rings. The highest BCUT2D eigenvalue weighted by Gasteiger charge is 2.44. The molecule has 1 saturated heterocycles. The average molecular weight is 410 g/mol. The Morgan fingerprint density at radius 2 is 2.00 bits per heavy atom. The van der Waals surface area contributed by atoms with Crippen LogP contribution < -0.4 is 5.32 Å². The maximum absolute atomic E-state index is 4.99. The molecule has 2 aromatic heterocycles. The van der Waals surface area contributed by atoms with E-state index in [1.54, 1.807) is 0 Å². The SMILES string of the molecule is CN1CCC2(CCn3nc(-c4cnc5c(c4)SC(C4CCCCC4)CN5)cc32)C1. The van der Waals surface area contributed by atoms with E-state index in [4.69, 9.17) is 10.1 Å². The Morgan fingerprint density at radius 3 is 2.83 bits per heavy atom. The van der Waals surface area contributed by atoms with E-state index in [1.165, 1.54) is 74.2 Å². The Balaban J connectivity index is 1.27. The Labute approximate surface area is 177 Å². The third-order valence-electron chi connectivity index (χ3n) is 7.74. The van der Waals surface area contributed by atoms with E-state index in [0.29, 0.717) is 10.7 Å². The summed E-state index contributed by atoms with van der Waals surface area (Å²) in [6, 6.07) is 4.69. The standard InChI is InChI=1S/C23H31N5S/c1-27-9-7-23(15-27)8-10-28-21(23)12-18(26-28)17-11-19-22(24-13-17)25-14-20(29-19)16-5-3-2-4-6-16/h11-13,16,20H,2-10,14-15H2,1H3,(H,24,25). The van der Waals surface area contributed by atoms with Gasteiger partial charge in [0, 0.05) is 47.8 Å². The molecule has 154 valence electrons. The highest BCUT2D eigenvalue weighted by Crippen LogP contribution is 2.45. The van der Waals surface area contributed by atoms with Crippen LogP contribution in [0.25, 0.3) is 11.3 Å². The molecule has 0 bridgehead atoms. The lowest BCUT2D eigenvalue weighted by Gasteiger charge is -2.33. The minimum Gasteiger partial charge on any atom is -0.368 e. The zero-order valence-electron chi connectivity index (χ0n) is 17.4. The van der Waals surface area contributed by atoms with Gasteiger partial charge in [0.05, 0.1) is 10.6 Å². The van der Waals surface area contributed by atoms with Gasteiger partial charge in [-0.1, -0.05) is 19.3 Å². The number of nitrogens with zero attached hydrogens (tertiary/aromatic N) is 4. The summed E-state index contributed by atoms with van der Waals surface area (Å²) in [5.74, 6) is 1.92. The zero-order chi connectivity index (χ0) is 19.4. The van der Waals surface area contributed by atoms with Crippen molar-refractivity contribution >= 4 is 17.6 Å². The normalized spacial score (nSPS) is 29.8. The molecule has 6 heteroatoms. The lowest BCUT2D eigenvalue weighted by atomic mass is 9.82. The topological polar surface area (TPSA) is 46.0 Å². The number of likely N-dealkylation sites (N-methyl/N-ethyl adjacent to an activating group) is 1. The molecule has 2 unspecified atom stereocenters. The van der Waals surface area contributed by atoms with Crippen molar-refractivity contribution in [2.45, 2.75) is 67.1 Å². The molecule has 0 aromatic carbocycles. The monoisotopic (exact) mass is 409 g/mol. The fourth-order valence-electron chi connectivity index (χ4n) is 6.07. The van der Waals surface area contributed by atoms with E-state index in [-0.39, 0.29) is 0 Å². The van der Waals surface area contributed by atoms with Gasteiger partial charge in [-0.3, -0.25) is 4.68 Å². The average Bonchev–Trinajstić information content (AvgIpc) is 3.44. The fraction of sp³-hybridized carbons (Fsp3) is 0.652. The van der Waals surface area contributed by atoms with Crippen LogP contribution >= 0.6 is 11.8 Å². The van der Waals surface area contributed by atoms with E-state index in [1.807, 2.05) is 6.20 Å². The number of aryl methyl sites for hydroxylation is 1. The van der Waals surface area contributed by atoms with Gasteiger partial charge in [-0.15, -0.1) is 11.8 Å². The Morgan fingerprint density at radius 1 is 1.14 bits per heavy atom. The van der Waals surface area contributed by atoms with E-state index in [2.05, 4.69) is 45.8 Å². The number of aromatic nitrogens is 3. The van der Waals surface area contributed by atoms with Crippen LogP contribution in [0.1, 0.15) is 50.6 Å². The molecule has 4 aliphatic rings. The summed E-state index contributed by atoms with van der Waals surface area (Å²) in [6.07, 6.45) is 11.5. The van der Waals surface area contributed by atoms with Crippen LogP contribution in [-0.2, 0) is 12.0 Å². The maximum Gasteiger partial charge on any atom is 0.139 e. The van der Waals surface area contributed by atoms with Gasteiger partial charge in [0.1, 0.15) is 5.82 Å². The number of nitrogens with one attached hydrogen (secondary N) is 1. The smallest absolute Gasteiger partial charge is 0.139 e. The highest BCUT2D eigenvalue weighted by atomic mass is 32.2. The van der Waals surface area contributed by atoms with Crippen molar-refractivity contribution in [1.29, 1.82) is 0 Å². The molecule has 6 rings (SSSR count). The summed E-state index contributed by atoms with van der Waals surface area (Å²) >= 11 is 2.06. The van der Waals surface area contributed by atoms with E-state index < -0.39 is 0 Å². The first-order valence-corrected chi connectivity index (χ1v) is 12.3. The number of fused-ring (bicyclic) bond motifs is 3. The number of anilines is 1. The fourth-order valence-corrected chi connectivity index (χ4v) is 7.46. The highest BCUT2D eigenvalue weighted by molar-refractivity contribution is 8.00. The van der Waals surface area contributed by atoms with E-state index >= 15 is 0 Å².